The van der Waals surface area contributed by atoms with Crippen molar-refractivity contribution in [2.45, 2.75) is 21.3 Å². The monoisotopic (exact) mass is 1390 g/mol. The first-order valence-electron chi connectivity index (χ1n) is 24.4. The number of nitrogens with zero attached hydrogens (tertiary/aromatic N) is 4. The Balaban J connectivity index is 0.00000106. The molecule has 32 heteroatoms. The van der Waals surface area contributed by atoms with Gasteiger partial charge < -0.3 is 49.9 Å². The van der Waals surface area contributed by atoms with Crippen LogP contribution < -0.4 is 40.2 Å². The molecule has 0 saturated heterocycles. The molecule has 0 fully saturated rings. The second kappa shape index (κ2) is 45.5. The van der Waals surface area contributed by atoms with Crippen LogP contribution in [0, 0.1) is 11.8 Å². The summed E-state index contributed by atoms with van der Waals surface area (Å²) in [4.78, 5) is 107. The number of carbonyl (C=O) groups is 9. The van der Waals surface area contributed by atoms with Gasteiger partial charge in [-0.3, -0.25) is 9.59 Å². The van der Waals surface area contributed by atoms with Crippen LogP contribution in [0.4, 0.5) is 4.79 Å². The van der Waals surface area contributed by atoms with Crippen molar-refractivity contribution >= 4 is 132 Å². The summed E-state index contributed by atoms with van der Waals surface area (Å²) in [6, 6.07) is 45.2. The van der Waals surface area contributed by atoms with Gasteiger partial charge in [-0.05, 0) is 95.0 Å². The Kier molecular flexibility index (Phi) is 41.1. The fourth-order valence-electron chi connectivity index (χ4n) is 6.15. The Morgan fingerprint density at radius 1 is 0.560 bits per heavy atom. The first-order chi connectivity index (χ1) is 42.2. The van der Waals surface area contributed by atoms with Crippen LogP contribution in [0.3, 0.4) is 0 Å². The van der Waals surface area contributed by atoms with Crippen molar-refractivity contribution in [2.75, 3.05) is 27.4 Å². The van der Waals surface area contributed by atoms with Crippen molar-refractivity contribution in [2.24, 2.45) is 5.73 Å². The van der Waals surface area contributed by atoms with Crippen LogP contribution in [-0.2, 0) is 28.5 Å². The molecule has 472 valence electrons. The second-order valence-corrected chi connectivity index (χ2v) is 19.9. The molecule has 9 aromatic rings. The number of hydrogen-bond acceptors (Lipinski definition) is 25. The average molecular weight is 1390 g/mol. The van der Waals surface area contributed by atoms with Crippen LogP contribution in [0.25, 0.3) is 45.2 Å². The normalized spacial score (nSPS) is 9.16. The van der Waals surface area contributed by atoms with E-state index in [4.69, 9.17) is 40.9 Å². The van der Waals surface area contributed by atoms with Gasteiger partial charge in [-0.15, -0.1) is 4.37 Å². The van der Waals surface area contributed by atoms with Gasteiger partial charge in [0.25, 0.3) is 4.57 Å². The third kappa shape index (κ3) is 28.7. The van der Waals surface area contributed by atoms with Crippen LogP contribution in [0.2, 0.25) is 0 Å². The van der Waals surface area contributed by atoms with E-state index in [0.717, 1.165) is 51.3 Å². The van der Waals surface area contributed by atoms with Crippen LogP contribution in [-0.4, -0.2) is 118 Å². The molecule has 0 aliphatic heterocycles. The predicted octanol–water partition coefficient (Wildman–Crippen LogP) is 9.46. The smallest absolute Gasteiger partial charge is 0.870 e. The molecular weight excluding hydrogens is 1340 g/mol. The predicted molar refractivity (Wildman–Crippen MR) is 342 cm³/mol. The summed E-state index contributed by atoms with van der Waals surface area (Å²) in [5.74, 6) is -2.15. The van der Waals surface area contributed by atoms with Gasteiger partial charge >= 0.3 is 76.3 Å². The van der Waals surface area contributed by atoms with E-state index in [-0.39, 0.29) is 98.7 Å². The van der Waals surface area contributed by atoms with E-state index in [1.165, 1.54) is 14.2 Å². The Hall–Kier alpha value is -8.77. The number of benzene rings is 5. The summed E-state index contributed by atoms with van der Waals surface area (Å²) in [6.45, 7) is 3.81. The first kappa shape index (κ1) is 82.2. The molecule has 0 saturated carbocycles. The minimum absolute atomic E-state index is 0. The number of carboxylic acid groups (broad SMARTS) is 3. The van der Waals surface area contributed by atoms with Crippen molar-refractivity contribution in [1.82, 2.24) is 17.5 Å². The standard InChI is InChI=1S/C13H11NO4S.C11H7NO4S.C10H7NO2S.C8H5NO2S.C8H10O4.C7H7NO.CCl2OS.CH4.Na.H2O/c1-17-12(15)9-10(8-6-4-3-5-7-8)14-19-11(9)13(16)18-2;13-10(14)7-8(6-4-2-1-3-5-6)12-17-9(7)11(15)16;12-10(13)8-6-14-11-9(8)7-4-2-1-3-5-7;10-8-11-7(9-12-8)6-4-2-1-3-5-6;1-3-11-7(9)5-6-8(10)12-4-2;8-7(9)6-4-2-1-3-5-6;2-1(4)5-3;;;/h3-7H,1-2H3;1-5H,(H,13,14)(H,15,16);1-6H,(H,12,13);1-5H;3-4H2,1-2H3;1-5H,(H2,8,9);;1H4;;1H2/q;;;;;;;;+1;/p-1. The van der Waals surface area contributed by atoms with E-state index >= 15 is 0 Å². The van der Waals surface area contributed by atoms with Gasteiger partial charge in [-0.2, -0.15) is 13.1 Å². The molecular formula is C59H52Cl2N5NaO19S5. The summed E-state index contributed by atoms with van der Waals surface area (Å²) in [5, 5.41) is 28.4. The zero-order valence-electron chi connectivity index (χ0n) is 47.5. The maximum atomic E-state index is 11.8. The van der Waals surface area contributed by atoms with Gasteiger partial charge in [-0.1, -0.05) is 135 Å². The summed E-state index contributed by atoms with van der Waals surface area (Å²) in [6.07, 6.45) is 0. The number of ether oxygens (including phenoxy) is 4. The molecule has 0 bridgehead atoms. The van der Waals surface area contributed by atoms with E-state index < -0.39 is 46.4 Å². The zero-order valence-corrected chi connectivity index (χ0v) is 55.1. The topological polar surface area (TPSA) is 389 Å². The summed E-state index contributed by atoms with van der Waals surface area (Å²) < 4.78 is 38.5. The molecule has 4 heterocycles. The molecule has 0 aliphatic rings. The number of primary amides is 1. The minimum Gasteiger partial charge on any atom is -0.870 e. The van der Waals surface area contributed by atoms with Gasteiger partial charge in [0.05, 0.1) is 61.6 Å². The molecule has 0 unspecified atom stereocenters. The van der Waals surface area contributed by atoms with E-state index in [0.29, 0.717) is 50.9 Å². The van der Waals surface area contributed by atoms with Gasteiger partial charge in [0.1, 0.15) is 20.9 Å². The second-order valence-electron chi connectivity index (χ2n) is 15.5. The number of esters is 4. The largest absolute Gasteiger partial charge is 1.00 e. The van der Waals surface area contributed by atoms with E-state index in [1.807, 2.05) is 109 Å². The van der Waals surface area contributed by atoms with E-state index in [1.54, 1.807) is 73.8 Å². The molecule has 4 aromatic heterocycles. The number of amides is 1. The number of methoxy groups -OCH3 is 2. The summed E-state index contributed by atoms with van der Waals surface area (Å²) >= 11 is 8.24. The van der Waals surface area contributed by atoms with Crippen molar-refractivity contribution in [3.8, 4) is 57.1 Å². The van der Waals surface area contributed by atoms with Crippen LogP contribution in [0.5, 0.6) is 0 Å². The Labute approximate surface area is 571 Å². The molecule has 0 atom stereocenters. The third-order valence-corrected chi connectivity index (χ3v) is 13.6. The number of carboxylic acids is 3. The molecule has 5 aromatic carbocycles. The maximum absolute atomic E-state index is 11.8. The van der Waals surface area contributed by atoms with E-state index in [2.05, 4.69) is 43.3 Å². The molecule has 0 spiro atoms. The Morgan fingerprint density at radius 3 is 1.30 bits per heavy atom. The number of rotatable bonds is 12. The molecule has 9 rings (SSSR count). The van der Waals surface area contributed by atoms with E-state index in [9.17, 15) is 47.9 Å². The SMILES string of the molecule is C.CCOC(=O)C#CC(=O)OCC.COC(=O)c1snc(-c2ccccc2)c1C(=O)OC.NC(=O)c1ccccc1.O=C(Cl)SCl.O=C(O)c1csnc1-c1ccccc1.O=C(O)c1snc(-c2ccccc2)c1C(=O)O.O=c1oc(-c2ccccc2)ns1.[Na+].[OH-]. The van der Waals surface area contributed by atoms with Crippen molar-refractivity contribution in [3.63, 3.8) is 0 Å². The molecule has 91 heavy (non-hydrogen) atoms. The first-order valence-corrected chi connectivity index (χ1v) is 29.6. The quantitative estimate of drug-likeness (QED) is 0.0221. The fraction of sp³-hybridized carbons (Fsp3) is 0.119. The number of nitrogens with two attached hydrogens (primary N) is 1. The molecule has 0 radical (unpaired) electrons. The number of aromatic nitrogens is 4. The number of halogens is 2. The number of hydrogen-bond donors (Lipinski definition) is 4. The van der Waals surface area contributed by atoms with Gasteiger partial charge in [0.15, 0.2) is 0 Å². The molecule has 0 aliphatic carbocycles. The Bertz CT molecular complexity index is 3840. The summed E-state index contributed by atoms with van der Waals surface area (Å²) in [5.41, 5.74) is 9.85. The zero-order chi connectivity index (χ0) is 65.0. The molecule has 6 N–H and O–H groups in total. The van der Waals surface area contributed by atoms with Crippen molar-refractivity contribution in [3.05, 3.63) is 199 Å². The van der Waals surface area contributed by atoms with Crippen molar-refractivity contribution < 1.29 is 117 Å². The number of aromatic carboxylic acids is 3. The average Bonchev–Trinajstić information content (AvgIpc) is 1.74. The van der Waals surface area contributed by atoms with Crippen molar-refractivity contribution in [1.29, 1.82) is 0 Å². The molecule has 1 amide bonds. The van der Waals surface area contributed by atoms with Crippen LogP contribution in [0.1, 0.15) is 82.0 Å². The van der Waals surface area contributed by atoms with Crippen LogP contribution in [0.15, 0.2) is 166 Å². The molecule has 24 nitrogen and oxygen atoms in total. The van der Waals surface area contributed by atoms with Crippen LogP contribution >= 0.6 is 79.4 Å². The van der Waals surface area contributed by atoms with Gasteiger partial charge in [0, 0.05) is 56.0 Å². The Morgan fingerprint density at radius 2 is 0.956 bits per heavy atom. The number of carbonyl (C=O) groups excluding carboxylic acids is 6. The maximum Gasteiger partial charge on any atom is 1.00 e. The van der Waals surface area contributed by atoms with Gasteiger partial charge in [0.2, 0.25) is 11.8 Å². The summed E-state index contributed by atoms with van der Waals surface area (Å²) in [7, 11) is 7.77. The minimum atomic E-state index is -1.28. The van der Waals surface area contributed by atoms with Gasteiger partial charge in [-0.25, -0.2) is 38.4 Å². The fourth-order valence-corrected chi connectivity index (χ4v) is 8.79. The third-order valence-electron chi connectivity index (χ3n) is 9.83.